The summed E-state index contributed by atoms with van der Waals surface area (Å²) in [6.45, 7) is 8.97. The predicted octanol–water partition coefficient (Wildman–Crippen LogP) is 3.18. The van der Waals surface area contributed by atoms with Gasteiger partial charge in [0.05, 0.1) is 12.8 Å². The van der Waals surface area contributed by atoms with Gasteiger partial charge in [-0.25, -0.2) is 0 Å². The Morgan fingerprint density at radius 1 is 1.17 bits per heavy atom. The van der Waals surface area contributed by atoms with Crippen LogP contribution in [0.4, 0.5) is 5.69 Å². The van der Waals surface area contributed by atoms with Crippen molar-refractivity contribution in [3.8, 4) is 5.75 Å². The van der Waals surface area contributed by atoms with E-state index < -0.39 is 0 Å². The first-order valence-corrected chi connectivity index (χ1v) is 10.8. The molecule has 0 aliphatic carbocycles. The van der Waals surface area contributed by atoms with Crippen LogP contribution in [0.3, 0.4) is 0 Å². The average molecular weight is 515 g/mol. The Bertz CT molecular complexity index is 633. The lowest BCUT2D eigenvalue weighted by Crippen LogP contribution is -2.45. The third-order valence-electron chi connectivity index (χ3n) is 6.18. The summed E-state index contributed by atoms with van der Waals surface area (Å²) in [4.78, 5) is 9.38. The SMILES string of the molecule is CCN1CCC(CCNC(=NC)NC2CCN(c3ccccc3OC)C2)CC1.I. The molecule has 1 unspecified atom stereocenters. The molecule has 2 saturated heterocycles. The molecule has 3 rings (SSSR count). The topological polar surface area (TPSA) is 52.1 Å². The van der Waals surface area contributed by atoms with Crippen molar-refractivity contribution >= 4 is 35.6 Å². The molecule has 1 aromatic rings. The van der Waals surface area contributed by atoms with E-state index in [-0.39, 0.29) is 24.0 Å². The number of halogens is 1. The first-order chi connectivity index (χ1) is 13.7. The van der Waals surface area contributed by atoms with Gasteiger partial charge < -0.3 is 25.2 Å². The van der Waals surface area contributed by atoms with Gasteiger partial charge in [-0.05, 0) is 63.4 Å². The van der Waals surface area contributed by atoms with E-state index >= 15 is 0 Å². The Morgan fingerprint density at radius 3 is 2.62 bits per heavy atom. The fourth-order valence-corrected chi connectivity index (χ4v) is 4.36. The van der Waals surface area contributed by atoms with Crippen LogP contribution in [0.15, 0.2) is 29.3 Å². The number of nitrogens with one attached hydrogen (secondary N) is 2. The van der Waals surface area contributed by atoms with Gasteiger partial charge in [0.25, 0.3) is 0 Å². The van der Waals surface area contributed by atoms with Crippen molar-refractivity contribution in [2.75, 3.05) is 58.3 Å². The van der Waals surface area contributed by atoms with Crippen LogP contribution >= 0.6 is 24.0 Å². The van der Waals surface area contributed by atoms with Crippen molar-refractivity contribution in [3.63, 3.8) is 0 Å². The van der Waals surface area contributed by atoms with Gasteiger partial charge in [-0.3, -0.25) is 4.99 Å². The number of likely N-dealkylation sites (tertiary alicyclic amines) is 1. The number of ether oxygens (including phenoxy) is 1. The third kappa shape index (κ3) is 6.91. The van der Waals surface area contributed by atoms with E-state index in [0.29, 0.717) is 6.04 Å². The predicted molar refractivity (Wildman–Crippen MR) is 133 cm³/mol. The molecule has 2 aliphatic heterocycles. The molecule has 0 bridgehead atoms. The number of aliphatic imine (C=N–C) groups is 1. The first kappa shape index (κ1) is 24.1. The summed E-state index contributed by atoms with van der Waals surface area (Å²) in [5.74, 6) is 2.72. The molecule has 2 N–H and O–H groups in total. The summed E-state index contributed by atoms with van der Waals surface area (Å²) < 4.78 is 5.52. The van der Waals surface area contributed by atoms with Crippen molar-refractivity contribution in [1.82, 2.24) is 15.5 Å². The number of hydrogen-bond donors (Lipinski definition) is 2. The summed E-state index contributed by atoms with van der Waals surface area (Å²) in [6.07, 6.45) is 5.00. The lowest BCUT2D eigenvalue weighted by molar-refractivity contribution is 0.187. The number of hydrogen-bond acceptors (Lipinski definition) is 4. The van der Waals surface area contributed by atoms with Crippen molar-refractivity contribution in [3.05, 3.63) is 24.3 Å². The lowest BCUT2D eigenvalue weighted by Gasteiger charge is -2.31. The molecule has 0 aromatic heterocycles. The quantitative estimate of drug-likeness (QED) is 0.332. The maximum absolute atomic E-state index is 5.52. The van der Waals surface area contributed by atoms with Crippen LogP contribution < -0.4 is 20.3 Å². The molecule has 7 heteroatoms. The summed E-state index contributed by atoms with van der Waals surface area (Å²) in [5, 5.41) is 7.13. The second kappa shape index (κ2) is 12.5. The zero-order chi connectivity index (χ0) is 19.8. The summed E-state index contributed by atoms with van der Waals surface area (Å²) in [6, 6.07) is 8.67. The van der Waals surface area contributed by atoms with Crippen LogP contribution in [0, 0.1) is 5.92 Å². The lowest BCUT2D eigenvalue weighted by atomic mass is 9.93. The Morgan fingerprint density at radius 2 is 1.93 bits per heavy atom. The minimum atomic E-state index is 0. The largest absolute Gasteiger partial charge is 0.495 e. The number of methoxy groups -OCH3 is 1. The summed E-state index contributed by atoms with van der Waals surface area (Å²) in [7, 11) is 3.60. The minimum absolute atomic E-state index is 0. The molecule has 6 nitrogen and oxygen atoms in total. The van der Waals surface area contributed by atoms with Crippen LogP contribution in [-0.4, -0.2) is 70.3 Å². The zero-order valence-electron chi connectivity index (χ0n) is 18.2. The highest BCUT2D eigenvalue weighted by molar-refractivity contribution is 14.0. The Hall–Kier alpha value is -1.22. The fourth-order valence-electron chi connectivity index (χ4n) is 4.36. The van der Waals surface area contributed by atoms with E-state index in [2.05, 4.69) is 44.5 Å². The molecule has 1 aromatic carbocycles. The highest BCUT2D eigenvalue weighted by Crippen LogP contribution is 2.30. The fraction of sp³-hybridized carbons (Fsp3) is 0.682. The van der Waals surface area contributed by atoms with Crippen molar-refractivity contribution in [1.29, 1.82) is 0 Å². The maximum atomic E-state index is 5.52. The smallest absolute Gasteiger partial charge is 0.191 e. The van der Waals surface area contributed by atoms with Crippen molar-refractivity contribution < 1.29 is 4.74 Å². The van der Waals surface area contributed by atoms with Crippen LogP contribution in [0.2, 0.25) is 0 Å². The molecule has 0 spiro atoms. The van der Waals surface area contributed by atoms with Gasteiger partial charge >= 0.3 is 0 Å². The Kier molecular flexibility index (Phi) is 10.3. The van der Waals surface area contributed by atoms with E-state index in [4.69, 9.17) is 4.74 Å². The molecule has 2 fully saturated rings. The molecule has 29 heavy (non-hydrogen) atoms. The van der Waals surface area contributed by atoms with E-state index in [1.807, 2.05) is 19.2 Å². The number of nitrogens with zero attached hydrogens (tertiary/aromatic N) is 3. The number of anilines is 1. The number of piperidine rings is 1. The van der Waals surface area contributed by atoms with Gasteiger partial charge in [0.2, 0.25) is 0 Å². The zero-order valence-corrected chi connectivity index (χ0v) is 20.5. The molecular weight excluding hydrogens is 477 g/mol. The van der Waals surface area contributed by atoms with Crippen molar-refractivity contribution in [2.24, 2.45) is 10.9 Å². The van der Waals surface area contributed by atoms with Crippen LogP contribution in [-0.2, 0) is 0 Å². The summed E-state index contributed by atoms with van der Waals surface area (Å²) in [5.41, 5.74) is 1.18. The second-order valence-electron chi connectivity index (χ2n) is 7.91. The molecule has 2 aliphatic rings. The average Bonchev–Trinajstić information content (AvgIpc) is 3.21. The first-order valence-electron chi connectivity index (χ1n) is 10.8. The second-order valence-corrected chi connectivity index (χ2v) is 7.91. The van der Waals surface area contributed by atoms with E-state index in [9.17, 15) is 0 Å². The van der Waals surface area contributed by atoms with Crippen LogP contribution in [0.1, 0.15) is 32.6 Å². The van der Waals surface area contributed by atoms with Gasteiger partial charge in [-0.15, -0.1) is 24.0 Å². The summed E-state index contributed by atoms with van der Waals surface area (Å²) >= 11 is 0. The third-order valence-corrected chi connectivity index (χ3v) is 6.18. The number of guanidine groups is 1. The Balaban J connectivity index is 0.00000300. The Labute approximate surface area is 193 Å². The normalized spacial score (nSPS) is 21.0. The van der Waals surface area contributed by atoms with Gasteiger partial charge in [0.15, 0.2) is 5.96 Å². The molecular formula is C22H38IN5O. The number of rotatable bonds is 7. The van der Waals surface area contributed by atoms with Crippen LogP contribution in [0.5, 0.6) is 5.75 Å². The van der Waals surface area contributed by atoms with Gasteiger partial charge in [-0.1, -0.05) is 19.1 Å². The molecule has 2 heterocycles. The van der Waals surface area contributed by atoms with E-state index in [1.165, 1.54) is 44.6 Å². The molecule has 0 amide bonds. The minimum Gasteiger partial charge on any atom is -0.495 e. The van der Waals surface area contributed by atoms with Gasteiger partial charge in [0.1, 0.15) is 5.75 Å². The highest BCUT2D eigenvalue weighted by Gasteiger charge is 2.25. The van der Waals surface area contributed by atoms with Crippen LogP contribution in [0.25, 0.3) is 0 Å². The molecule has 0 radical (unpaired) electrons. The standard InChI is InChI=1S/C22H37N5O.HI/c1-4-26-14-10-18(11-15-26)9-13-24-22(23-2)25-19-12-16-27(17-19)20-7-5-6-8-21(20)28-3;/h5-8,18-19H,4,9-17H2,1-3H3,(H2,23,24,25);1H. The van der Waals surface area contributed by atoms with Gasteiger partial charge in [0, 0.05) is 32.7 Å². The molecule has 0 saturated carbocycles. The molecule has 164 valence electrons. The van der Waals surface area contributed by atoms with E-state index in [0.717, 1.165) is 43.7 Å². The maximum Gasteiger partial charge on any atom is 0.191 e. The number of benzene rings is 1. The van der Waals surface area contributed by atoms with Gasteiger partial charge in [-0.2, -0.15) is 0 Å². The molecule has 1 atom stereocenters. The highest BCUT2D eigenvalue weighted by atomic mass is 127. The monoisotopic (exact) mass is 515 g/mol. The van der Waals surface area contributed by atoms with Crippen molar-refractivity contribution in [2.45, 2.75) is 38.6 Å². The van der Waals surface area contributed by atoms with E-state index in [1.54, 1.807) is 7.11 Å². The number of para-hydroxylation sites is 2.